The van der Waals surface area contributed by atoms with Crippen molar-refractivity contribution in [3.8, 4) is 11.5 Å². The molecule has 5 nitrogen and oxygen atoms in total. The molecule has 3 aromatic rings. The molecule has 0 unspecified atom stereocenters. The van der Waals surface area contributed by atoms with Gasteiger partial charge in [0.05, 0.1) is 12.1 Å². The maximum Gasteiger partial charge on any atom is 0.317 e. The van der Waals surface area contributed by atoms with Crippen LogP contribution in [0, 0.1) is 0 Å². The summed E-state index contributed by atoms with van der Waals surface area (Å²) in [5.74, 6) is 1.52. The second-order valence-electron chi connectivity index (χ2n) is 6.92. The molecule has 5 heteroatoms. The van der Waals surface area contributed by atoms with Crippen molar-refractivity contribution in [2.24, 2.45) is 0 Å². The Morgan fingerprint density at radius 3 is 2.10 bits per heavy atom. The molecule has 29 heavy (non-hydrogen) atoms. The predicted molar refractivity (Wildman–Crippen MR) is 114 cm³/mol. The Morgan fingerprint density at radius 1 is 0.931 bits per heavy atom. The van der Waals surface area contributed by atoms with E-state index in [0.717, 1.165) is 22.6 Å². The van der Waals surface area contributed by atoms with Crippen molar-refractivity contribution < 1.29 is 14.6 Å². The lowest BCUT2D eigenvalue weighted by Gasteiger charge is -2.29. The van der Waals surface area contributed by atoms with Crippen LogP contribution < -0.4 is 10.1 Å². The number of nitrogens with zero attached hydrogens (tertiary/aromatic N) is 1. The van der Waals surface area contributed by atoms with Crippen molar-refractivity contribution in [1.29, 1.82) is 0 Å². The number of para-hydroxylation sites is 1. The molecule has 0 aromatic heterocycles. The van der Waals surface area contributed by atoms with Crippen LogP contribution in [0.25, 0.3) is 0 Å². The van der Waals surface area contributed by atoms with Gasteiger partial charge in [0.15, 0.2) is 0 Å². The molecule has 0 heterocycles. The molecule has 3 aromatic carbocycles. The largest absolute Gasteiger partial charge is 0.457 e. The van der Waals surface area contributed by atoms with Crippen molar-refractivity contribution >= 4 is 6.03 Å². The van der Waals surface area contributed by atoms with E-state index in [4.69, 9.17) is 4.74 Å². The number of aliphatic hydroxyl groups excluding tert-OH is 1. The Kier molecular flexibility index (Phi) is 6.87. The number of aliphatic hydroxyl groups is 1. The number of nitrogens with one attached hydrogen (secondary N) is 1. The number of amides is 2. The first kappa shape index (κ1) is 20.4. The van der Waals surface area contributed by atoms with Gasteiger partial charge in [0.25, 0.3) is 0 Å². The molecule has 0 aliphatic carbocycles. The molecule has 2 atom stereocenters. The van der Waals surface area contributed by atoms with Crippen molar-refractivity contribution in [2.45, 2.75) is 25.6 Å². The highest BCUT2D eigenvalue weighted by molar-refractivity contribution is 5.74. The highest BCUT2D eigenvalue weighted by Gasteiger charge is 2.23. The normalized spacial score (nSPS) is 12.7. The molecule has 0 fully saturated rings. The number of hydrogen-bond donors (Lipinski definition) is 2. The Morgan fingerprint density at radius 2 is 1.48 bits per heavy atom. The number of likely N-dealkylation sites (N-methyl/N-ethyl adjacent to an activating group) is 1. The number of carbonyl (C=O) groups is 1. The molecule has 3 rings (SSSR count). The quantitative estimate of drug-likeness (QED) is 0.612. The molecule has 0 saturated carbocycles. The lowest BCUT2D eigenvalue weighted by atomic mass is 10.0. The Hall–Kier alpha value is -3.31. The summed E-state index contributed by atoms with van der Waals surface area (Å²) in [5, 5.41) is 13.4. The third-order valence-electron chi connectivity index (χ3n) is 4.88. The minimum atomic E-state index is -0.749. The van der Waals surface area contributed by atoms with Crippen LogP contribution in [0.1, 0.15) is 24.2 Å². The van der Waals surface area contributed by atoms with E-state index in [9.17, 15) is 9.90 Å². The van der Waals surface area contributed by atoms with Crippen LogP contribution in [-0.2, 0) is 6.54 Å². The average molecular weight is 390 g/mol. The first-order chi connectivity index (χ1) is 14.0. The SMILES string of the molecule is C[C@H]([C@@H](O)c1ccccc1)N(C)C(=O)NCc1ccc(Oc2ccccc2)cc1. The molecule has 0 radical (unpaired) electrons. The Balaban J connectivity index is 1.51. The number of benzene rings is 3. The molecular formula is C24H26N2O3. The van der Waals surface area contributed by atoms with Gasteiger partial charge in [0, 0.05) is 13.6 Å². The van der Waals surface area contributed by atoms with Gasteiger partial charge in [-0.1, -0.05) is 60.7 Å². The standard InChI is InChI=1S/C24H26N2O3/c1-18(23(27)20-9-5-3-6-10-20)26(2)24(28)25-17-19-13-15-22(16-14-19)29-21-11-7-4-8-12-21/h3-16,18,23,27H,17H2,1-2H3,(H,25,28)/t18-,23-/m1/s1. The third-order valence-corrected chi connectivity index (χ3v) is 4.88. The van der Waals surface area contributed by atoms with Gasteiger partial charge in [-0.2, -0.15) is 0 Å². The first-order valence-electron chi connectivity index (χ1n) is 9.60. The van der Waals surface area contributed by atoms with Gasteiger partial charge in [-0.3, -0.25) is 0 Å². The Bertz CT molecular complexity index is 898. The maximum atomic E-state index is 12.5. The van der Waals surface area contributed by atoms with E-state index < -0.39 is 6.10 Å². The van der Waals surface area contributed by atoms with Crippen LogP contribution in [-0.4, -0.2) is 29.1 Å². The summed E-state index contributed by atoms with van der Waals surface area (Å²) in [4.78, 5) is 14.0. The number of carbonyl (C=O) groups excluding carboxylic acids is 1. The van der Waals surface area contributed by atoms with E-state index in [1.807, 2.05) is 91.9 Å². The zero-order chi connectivity index (χ0) is 20.6. The summed E-state index contributed by atoms with van der Waals surface area (Å²) in [6.45, 7) is 2.22. The van der Waals surface area contributed by atoms with Gasteiger partial charge in [-0.15, -0.1) is 0 Å². The van der Waals surface area contributed by atoms with Gasteiger partial charge >= 0.3 is 6.03 Å². The smallest absolute Gasteiger partial charge is 0.317 e. The number of rotatable bonds is 7. The zero-order valence-electron chi connectivity index (χ0n) is 16.7. The minimum Gasteiger partial charge on any atom is -0.457 e. The summed E-state index contributed by atoms with van der Waals surface area (Å²) in [6.07, 6.45) is -0.749. The van der Waals surface area contributed by atoms with Crippen molar-refractivity contribution in [3.05, 3.63) is 96.1 Å². The second-order valence-corrected chi connectivity index (χ2v) is 6.92. The van der Waals surface area contributed by atoms with Crippen LogP contribution in [0.15, 0.2) is 84.9 Å². The number of urea groups is 1. The average Bonchev–Trinajstić information content (AvgIpc) is 2.78. The monoisotopic (exact) mass is 390 g/mol. The lowest BCUT2D eigenvalue weighted by Crippen LogP contribution is -2.44. The van der Waals surface area contributed by atoms with Gasteiger partial charge in [0.1, 0.15) is 11.5 Å². The highest BCUT2D eigenvalue weighted by atomic mass is 16.5. The number of ether oxygens (including phenoxy) is 1. The maximum absolute atomic E-state index is 12.5. The van der Waals surface area contributed by atoms with E-state index in [-0.39, 0.29) is 12.1 Å². The zero-order valence-corrected chi connectivity index (χ0v) is 16.7. The highest BCUT2D eigenvalue weighted by Crippen LogP contribution is 2.22. The molecule has 0 aliphatic rings. The Labute approximate surface area is 171 Å². The second kappa shape index (κ2) is 9.75. The summed E-state index contributed by atoms with van der Waals surface area (Å²) >= 11 is 0. The summed E-state index contributed by atoms with van der Waals surface area (Å²) in [6, 6.07) is 25.9. The molecule has 0 bridgehead atoms. The lowest BCUT2D eigenvalue weighted by molar-refractivity contribution is 0.0854. The summed E-state index contributed by atoms with van der Waals surface area (Å²) in [5.41, 5.74) is 1.75. The predicted octanol–water partition coefficient (Wildman–Crippen LogP) is 4.74. The van der Waals surface area contributed by atoms with Crippen LogP contribution >= 0.6 is 0 Å². The van der Waals surface area contributed by atoms with E-state index in [1.165, 1.54) is 4.90 Å². The summed E-state index contributed by atoms with van der Waals surface area (Å²) < 4.78 is 5.77. The number of hydrogen-bond acceptors (Lipinski definition) is 3. The van der Waals surface area contributed by atoms with E-state index >= 15 is 0 Å². The van der Waals surface area contributed by atoms with E-state index in [1.54, 1.807) is 7.05 Å². The molecule has 0 aliphatic heterocycles. The van der Waals surface area contributed by atoms with E-state index in [2.05, 4.69) is 5.32 Å². The minimum absolute atomic E-state index is 0.239. The molecule has 2 amide bonds. The molecule has 0 spiro atoms. The van der Waals surface area contributed by atoms with Gasteiger partial charge < -0.3 is 20.1 Å². The van der Waals surface area contributed by atoms with Crippen LogP contribution in [0.3, 0.4) is 0 Å². The van der Waals surface area contributed by atoms with Gasteiger partial charge in [0.2, 0.25) is 0 Å². The molecule has 2 N–H and O–H groups in total. The molecule has 150 valence electrons. The van der Waals surface area contributed by atoms with Crippen molar-refractivity contribution in [2.75, 3.05) is 7.05 Å². The van der Waals surface area contributed by atoms with Crippen molar-refractivity contribution in [3.63, 3.8) is 0 Å². The van der Waals surface area contributed by atoms with Crippen LogP contribution in [0.4, 0.5) is 4.79 Å². The fraction of sp³-hybridized carbons (Fsp3) is 0.208. The third kappa shape index (κ3) is 5.59. The topological polar surface area (TPSA) is 61.8 Å². The first-order valence-corrected chi connectivity index (χ1v) is 9.60. The van der Waals surface area contributed by atoms with Gasteiger partial charge in [-0.05, 0) is 42.3 Å². The summed E-state index contributed by atoms with van der Waals surface area (Å²) in [7, 11) is 1.68. The van der Waals surface area contributed by atoms with Crippen molar-refractivity contribution in [1.82, 2.24) is 10.2 Å². The fourth-order valence-electron chi connectivity index (χ4n) is 2.93. The molecular weight excluding hydrogens is 364 g/mol. The van der Waals surface area contributed by atoms with Gasteiger partial charge in [-0.25, -0.2) is 4.79 Å². The fourth-order valence-corrected chi connectivity index (χ4v) is 2.93. The van der Waals surface area contributed by atoms with Crippen LogP contribution in [0.5, 0.6) is 11.5 Å². The molecule has 0 saturated heterocycles. The van der Waals surface area contributed by atoms with E-state index in [0.29, 0.717) is 6.54 Å². The van der Waals surface area contributed by atoms with Crippen LogP contribution in [0.2, 0.25) is 0 Å².